The predicted octanol–water partition coefficient (Wildman–Crippen LogP) is 2.04. The molecular formula is C16H22N2O3. The molecule has 1 saturated heterocycles. The molecule has 1 aromatic rings. The van der Waals surface area contributed by atoms with Crippen LogP contribution in [0.15, 0.2) is 18.2 Å². The molecule has 1 amide bonds. The topological polar surface area (TPSA) is 69.6 Å². The summed E-state index contributed by atoms with van der Waals surface area (Å²) in [5.74, 6) is -0.931. The number of anilines is 1. The molecule has 2 rings (SSSR count). The van der Waals surface area contributed by atoms with Crippen LogP contribution in [0.1, 0.15) is 24.5 Å². The molecule has 1 heterocycles. The van der Waals surface area contributed by atoms with Gasteiger partial charge in [0.1, 0.15) is 6.04 Å². The Hall–Kier alpha value is -1.88. The number of carbonyl (C=O) groups is 2. The molecule has 0 bridgehead atoms. The number of nitrogens with zero attached hydrogens (tertiary/aromatic N) is 1. The molecule has 0 spiro atoms. The van der Waals surface area contributed by atoms with Gasteiger partial charge >= 0.3 is 5.97 Å². The number of hydrogen-bond acceptors (Lipinski definition) is 3. The van der Waals surface area contributed by atoms with Crippen molar-refractivity contribution in [3.05, 3.63) is 29.3 Å². The van der Waals surface area contributed by atoms with E-state index in [9.17, 15) is 14.7 Å². The fourth-order valence-electron chi connectivity index (χ4n) is 2.86. The second-order valence-electron chi connectivity index (χ2n) is 5.82. The number of carboxylic acid groups (broad SMARTS) is 1. The maximum atomic E-state index is 12.2. The van der Waals surface area contributed by atoms with Crippen LogP contribution < -0.4 is 5.32 Å². The van der Waals surface area contributed by atoms with Crippen molar-refractivity contribution in [3.63, 3.8) is 0 Å². The van der Waals surface area contributed by atoms with E-state index < -0.39 is 12.0 Å². The lowest BCUT2D eigenvalue weighted by molar-refractivity contribution is -0.143. The maximum absolute atomic E-state index is 12.2. The molecule has 0 aromatic heterocycles. The van der Waals surface area contributed by atoms with E-state index in [1.807, 2.05) is 39.0 Å². The third-order valence-electron chi connectivity index (χ3n) is 4.28. The van der Waals surface area contributed by atoms with Gasteiger partial charge in [0.25, 0.3) is 0 Å². The Morgan fingerprint density at radius 1 is 1.38 bits per heavy atom. The molecule has 1 fully saturated rings. The van der Waals surface area contributed by atoms with Gasteiger partial charge in [0.2, 0.25) is 5.91 Å². The van der Waals surface area contributed by atoms with E-state index in [-0.39, 0.29) is 18.4 Å². The van der Waals surface area contributed by atoms with Gasteiger partial charge in [0.15, 0.2) is 0 Å². The number of aryl methyl sites for hydroxylation is 1. The summed E-state index contributed by atoms with van der Waals surface area (Å²) in [7, 11) is 0. The molecule has 0 aliphatic carbocycles. The first-order chi connectivity index (χ1) is 9.90. The van der Waals surface area contributed by atoms with Gasteiger partial charge in [-0.1, -0.05) is 19.1 Å². The van der Waals surface area contributed by atoms with Gasteiger partial charge in [0, 0.05) is 5.69 Å². The summed E-state index contributed by atoms with van der Waals surface area (Å²) in [5, 5.41) is 12.1. The highest BCUT2D eigenvalue weighted by atomic mass is 16.4. The lowest BCUT2D eigenvalue weighted by atomic mass is 10.0. The largest absolute Gasteiger partial charge is 0.480 e. The minimum absolute atomic E-state index is 0.0796. The van der Waals surface area contributed by atoms with Crippen molar-refractivity contribution in [2.24, 2.45) is 5.92 Å². The van der Waals surface area contributed by atoms with Gasteiger partial charge in [0.05, 0.1) is 6.54 Å². The third kappa shape index (κ3) is 3.42. The van der Waals surface area contributed by atoms with E-state index in [2.05, 4.69) is 5.32 Å². The van der Waals surface area contributed by atoms with Gasteiger partial charge < -0.3 is 10.4 Å². The van der Waals surface area contributed by atoms with Crippen LogP contribution in [-0.4, -0.2) is 41.0 Å². The number of carbonyl (C=O) groups excluding carboxylic acids is 1. The Morgan fingerprint density at radius 3 is 2.76 bits per heavy atom. The fourth-order valence-corrected chi connectivity index (χ4v) is 2.86. The lowest BCUT2D eigenvalue weighted by Gasteiger charge is -2.22. The second kappa shape index (κ2) is 6.26. The molecule has 0 radical (unpaired) electrons. The van der Waals surface area contributed by atoms with Crippen LogP contribution in [0.5, 0.6) is 0 Å². The van der Waals surface area contributed by atoms with Crippen LogP contribution in [0, 0.1) is 19.8 Å². The molecule has 2 atom stereocenters. The van der Waals surface area contributed by atoms with Crippen LogP contribution in [0.4, 0.5) is 5.69 Å². The molecule has 21 heavy (non-hydrogen) atoms. The second-order valence-corrected chi connectivity index (χ2v) is 5.82. The van der Waals surface area contributed by atoms with Crippen molar-refractivity contribution in [1.82, 2.24) is 4.90 Å². The van der Waals surface area contributed by atoms with Crippen LogP contribution in [0.2, 0.25) is 0 Å². The number of carboxylic acids is 1. The van der Waals surface area contributed by atoms with Crippen LogP contribution in [-0.2, 0) is 9.59 Å². The molecule has 5 nitrogen and oxygen atoms in total. The lowest BCUT2D eigenvalue weighted by Crippen LogP contribution is -2.43. The third-order valence-corrected chi connectivity index (χ3v) is 4.28. The number of rotatable bonds is 4. The normalized spacial score (nSPS) is 22.2. The Balaban J connectivity index is 2.02. The van der Waals surface area contributed by atoms with E-state index in [1.54, 1.807) is 4.90 Å². The molecule has 1 aromatic carbocycles. The summed E-state index contributed by atoms with van der Waals surface area (Å²) in [6, 6.07) is 5.19. The minimum Gasteiger partial charge on any atom is -0.480 e. The van der Waals surface area contributed by atoms with Gasteiger partial charge in [-0.2, -0.15) is 0 Å². The highest BCUT2D eigenvalue weighted by Crippen LogP contribution is 2.24. The molecule has 2 N–H and O–H groups in total. The van der Waals surface area contributed by atoms with E-state index in [1.165, 1.54) is 0 Å². The van der Waals surface area contributed by atoms with Crippen molar-refractivity contribution in [2.45, 2.75) is 33.2 Å². The quantitative estimate of drug-likeness (QED) is 0.890. The summed E-state index contributed by atoms with van der Waals surface area (Å²) in [6.45, 7) is 6.64. The van der Waals surface area contributed by atoms with Crippen LogP contribution in [0.25, 0.3) is 0 Å². The Morgan fingerprint density at radius 2 is 2.10 bits per heavy atom. The summed E-state index contributed by atoms with van der Waals surface area (Å²) in [5.41, 5.74) is 2.94. The van der Waals surface area contributed by atoms with Crippen molar-refractivity contribution in [1.29, 1.82) is 0 Å². The van der Waals surface area contributed by atoms with Crippen molar-refractivity contribution in [3.8, 4) is 0 Å². The molecule has 2 unspecified atom stereocenters. The zero-order chi connectivity index (χ0) is 15.6. The Bertz CT molecular complexity index is 556. The smallest absolute Gasteiger partial charge is 0.321 e. The average Bonchev–Trinajstić information content (AvgIpc) is 2.76. The van der Waals surface area contributed by atoms with Crippen molar-refractivity contribution in [2.75, 3.05) is 18.4 Å². The SMILES string of the molecule is Cc1cccc(NC(=O)CN2CCC(C)C2C(=O)O)c1C. The van der Waals surface area contributed by atoms with Gasteiger partial charge in [-0.3, -0.25) is 14.5 Å². The Kier molecular flexibility index (Phi) is 4.63. The zero-order valence-electron chi connectivity index (χ0n) is 12.7. The summed E-state index contributed by atoms with van der Waals surface area (Å²) in [6.07, 6.45) is 0.813. The van der Waals surface area contributed by atoms with Crippen molar-refractivity contribution < 1.29 is 14.7 Å². The summed E-state index contributed by atoms with van der Waals surface area (Å²) >= 11 is 0. The Labute approximate surface area is 125 Å². The predicted molar refractivity (Wildman–Crippen MR) is 81.3 cm³/mol. The van der Waals surface area contributed by atoms with Gasteiger partial charge in [-0.05, 0) is 49.9 Å². The molecular weight excluding hydrogens is 268 g/mol. The van der Waals surface area contributed by atoms with E-state index in [4.69, 9.17) is 0 Å². The number of nitrogens with one attached hydrogen (secondary N) is 1. The van der Waals surface area contributed by atoms with Crippen LogP contribution >= 0.6 is 0 Å². The number of amides is 1. The summed E-state index contributed by atoms with van der Waals surface area (Å²) in [4.78, 5) is 25.2. The van der Waals surface area contributed by atoms with Crippen molar-refractivity contribution >= 4 is 17.6 Å². The van der Waals surface area contributed by atoms with E-state index in [0.717, 1.165) is 23.2 Å². The first kappa shape index (κ1) is 15.5. The number of benzene rings is 1. The average molecular weight is 290 g/mol. The first-order valence-electron chi connectivity index (χ1n) is 7.23. The van der Waals surface area contributed by atoms with Crippen LogP contribution in [0.3, 0.4) is 0 Å². The molecule has 0 saturated carbocycles. The molecule has 1 aliphatic rings. The molecule has 5 heteroatoms. The maximum Gasteiger partial charge on any atom is 0.321 e. The molecule has 1 aliphatic heterocycles. The van der Waals surface area contributed by atoms with E-state index >= 15 is 0 Å². The highest BCUT2D eigenvalue weighted by Gasteiger charge is 2.37. The fraction of sp³-hybridized carbons (Fsp3) is 0.500. The summed E-state index contributed by atoms with van der Waals surface area (Å²) < 4.78 is 0. The van der Waals surface area contributed by atoms with Gasteiger partial charge in [-0.15, -0.1) is 0 Å². The zero-order valence-corrected chi connectivity index (χ0v) is 12.7. The first-order valence-corrected chi connectivity index (χ1v) is 7.23. The monoisotopic (exact) mass is 290 g/mol. The minimum atomic E-state index is -0.848. The van der Waals surface area contributed by atoms with Gasteiger partial charge in [-0.25, -0.2) is 0 Å². The standard InChI is InChI=1S/C16H22N2O3/c1-10-5-4-6-13(12(10)3)17-14(19)9-18-8-7-11(2)15(18)16(20)21/h4-6,11,15H,7-9H2,1-3H3,(H,17,19)(H,20,21). The molecule has 114 valence electrons. The number of likely N-dealkylation sites (tertiary alicyclic amines) is 1. The number of aliphatic carboxylic acids is 1. The highest BCUT2D eigenvalue weighted by molar-refractivity contribution is 5.93. The number of hydrogen-bond donors (Lipinski definition) is 2. The van der Waals surface area contributed by atoms with E-state index in [0.29, 0.717) is 6.54 Å².